The molecule has 24 heavy (non-hydrogen) atoms. The Hall–Kier alpha value is -1.80. The number of methoxy groups -OCH3 is 2. The van der Waals surface area contributed by atoms with E-state index in [1.165, 1.54) is 7.11 Å². The first-order valence-corrected chi connectivity index (χ1v) is 9.56. The first-order chi connectivity index (χ1) is 11.4. The van der Waals surface area contributed by atoms with Crippen molar-refractivity contribution in [2.75, 3.05) is 33.1 Å². The van der Waals surface area contributed by atoms with Crippen molar-refractivity contribution in [1.82, 2.24) is 9.62 Å². The van der Waals surface area contributed by atoms with Crippen molar-refractivity contribution in [3.05, 3.63) is 23.8 Å². The third-order valence-electron chi connectivity index (χ3n) is 4.14. The minimum Gasteiger partial charge on any atom is -0.493 e. The number of nitrogens with one attached hydrogen (secondary N) is 1. The maximum absolute atomic E-state index is 12.6. The molecule has 0 unspecified atom stereocenters. The molecule has 0 aromatic heterocycles. The Labute approximate surface area is 143 Å². The number of carbonyl (C=O) groups is 1. The van der Waals surface area contributed by atoms with Gasteiger partial charge in [0.1, 0.15) is 0 Å². The lowest BCUT2D eigenvalue weighted by Crippen LogP contribution is -2.46. The van der Waals surface area contributed by atoms with Crippen LogP contribution in [0, 0.1) is 0 Å². The molecule has 1 aromatic rings. The maximum atomic E-state index is 12.6. The number of amides is 1. The molecule has 0 radical (unpaired) electrons. The van der Waals surface area contributed by atoms with Crippen LogP contribution in [-0.4, -0.2) is 58.3 Å². The highest BCUT2D eigenvalue weighted by atomic mass is 32.2. The predicted molar refractivity (Wildman–Crippen MR) is 91.1 cm³/mol. The van der Waals surface area contributed by atoms with Crippen LogP contribution in [0.4, 0.5) is 0 Å². The van der Waals surface area contributed by atoms with Crippen molar-refractivity contribution in [2.45, 2.75) is 25.8 Å². The van der Waals surface area contributed by atoms with Crippen LogP contribution >= 0.6 is 0 Å². The number of rotatable bonds is 6. The molecule has 1 aliphatic heterocycles. The number of piperidine rings is 1. The second-order valence-electron chi connectivity index (χ2n) is 5.66. The number of hydrogen-bond donors (Lipinski definition) is 1. The zero-order chi connectivity index (χ0) is 17.7. The summed E-state index contributed by atoms with van der Waals surface area (Å²) in [5.74, 6) is 1.06. The van der Waals surface area contributed by atoms with Crippen LogP contribution in [0.25, 0.3) is 0 Å². The lowest BCUT2D eigenvalue weighted by atomic mass is 10.0. The van der Waals surface area contributed by atoms with Gasteiger partial charge in [0.15, 0.2) is 11.5 Å². The second-order valence-corrected chi connectivity index (χ2v) is 7.70. The van der Waals surface area contributed by atoms with Gasteiger partial charge in [-0.2, -0.15) is 0 Å². The van der Waals surface area contributed by atoms with E-state index in [0.29, 0.717) is 43.0 Å². The first kappa shape index (κ1) is 18.5. The molecule has 134 valence electrons. The number of ether oxygens (including phenoxy) is 2. The Kier molecular flexibility index (Phi) is 6.06. The molecule has 0 spiro atoms. The van der Waals surface area contributed by atoms with Crippen molar-refractivity contribution < 1.29 is 22.7 Å². The van der Waals surface area contributed by atoms with Gasteiger partial charge >= 0.3 is 0 Å². The Morgan fingerprint density at radius 2 is 1.83 bits per heavy atom. The van der Waals surface area contributed by atoms with E-state index in [0.717, 1.165) is 0 Å². The minimum atomic E-state index is -3.21. The van der Waals surface area contributed by atoms with E-state index in [-0.39, 0.29) is 17.7 Å². The second kappa shape index (κ2) is 7.85. The Balaban J connectivity index is 2.00. The minimum absolute atomic E-state index is 0.0672. The largest absolute Gasteiger partial charge is 0.493 e. The molecule has 0 bridgehead atoms. The smallest absolute Gasteiger partial charge is 0.253 e. The van der Waals surface area contributed by atoms with Gasteiger partial charge in [-0.15, -0.1) is 0 Å². The highest BCUT2D eigenvalue weighted by Gasteiger charge is 2.26. The fraction of sp³-hybridized carbons (Fsp3) is 0.562. The molecular formula is C16H24N2O5S. The van der Waals surface area contributed by atoms with E-state index < -0.39 is 10.0 Å². The lowest BCUT2D eigenvalue weighted by molar-refractivity contribution is 0.0711. The normalized spacial score (nSPS) is 16.0. The van der Waals surface area contributed by atoms with Crippen molar-refractivity contribution in [1.29, 1.82) is 0 Å². The molecule has 1 heterocycles. The standard InChI is InChI=1S/C16H24N2O5S/c1-4-24(20,21)17-13-7-9-18(10-8-13)16(19)12-5-6-14(22-2)15(11-12)23-3/h5-6,11,13,17H,4,7-10H2,1-3H3. The zero-order valence-corrected chi connectivity index (χ0v) is 15.1. The molecule has 0 aliphatic carbocycles. The molecule has 2 rings (SSSR count). The molecule has 0 saturated carbocycles. The molecule has 1 N–H and O–H groups in total. The Morgan fingerprint density at radius 3 is 2.38 bits per heavy atom. The molecule has 0 atom stereocenters. The van der Waals surface area contributed by atoms with Crippen LogP contribution in [0.1, 0.15) is 30.1 Å². The molecule has 1 aromatic carbocycles. The van der Waals surface area contributed by atoms with Crippen LogP contribution in [0.5, 0.6) is 11.5 Å². The Bertz CT molecular complexity index is 682. The Morgan fingerprint density at radius 1 is 1.21 bits per heavy atom. The predicted octanol–water partition coefficient (Wildman–Crippen LogP) is 1.25. The average molecular weight is 356 g/mol. The van der Waals surface area contributed by atoms with Crippen LogP contribution in [0.2, 0.25) is 0 Å². The molecule has 7 nitrogen and oxygen atoms in total. The fourth-order valence-corrected chi connectivity index (χ4v) is 3.60. The van der Waals surface area contributed by atoms with Gasteiger partial charge in [0.05, 0.1) is 20.0 Å². The molecule has 1 aliphatic rings. The first-order valence-electron chi connectivity index (χ1n) is 7.91. The third kappa shape index (κ3) is 4.39. The van der Waals surface area contributed by atoms with E-state index in [4.69, 9.17) is 9.47 Å². The van der Waals surface area contributed by atoms with E-state index in [1.54, 1.807) is 37.1 Å². The van der Waals surface area contributed by atoms with Gasteiger partial charge in [-0.25, -0.2) is 13.1 Å². The van der Waals surface area contributed by atoms with E-state index in [2.05, 4.69) is 4.72 Å². The number of benzene rings is 1. The quantitative estimate of drug-likeness (QED) is 0.829. The number of likely N-dealkylation sites (tertiary alicyclic amines) is 1. The molecule has 8 heteroatoms. The number of nitrogens with zero attached hydrogens (tertiary/aromatic N) is 1. The molecule has 1 amide bonds. The highest BCUT2D eigenvalue weighted by Crippen LogP contribution is 2.28. The number of sulfonamides is 1. The van der Waals surface area contributed by atoms with Gasteiger partial charge < -0.3 is 14.4 Å². The van der Waals surface area contributed by atoms with Crippen molar-refractivity contribution >= 4 is 15.9 Å². The van der Waals surface area contributed by atoms with Crippen LogP contribution < -0.4 is 14.2 Å². The van der Waals surface area contributed by atoms with Crippen molar-refractivity contribution in [3.63, 3.8) is 0 Å². The van der Waals surface area contributed by atoms with Crippen LogP contribution in [0.3, 0.4) is 0 Å². The van der Waals surface area contributed by atoms with E-state index >= 15 is 0 Å². The van der Waals surface area contributed by atoms with E-state index in [1.807, 2.05) is 0 Å². The van der Waals surface area contributed by atoms with Crippen LogP contribution in [0.15, 0.2) is 18.2 Å². The molecule has 1 fully saturated rings. The van der Waals surface area contributed by atoms with Crippen LogP contribution in [-0.2, 0) is 10.0 Å². The van der Waals surface area contributed by atoms with Crippen molar-refractivity contribution in [3.8, 4) is 11.5 Å². The number of hydrogen-bond acceptors (Lipinski definition) is 5. The SMILES string of the molecule is CCS(=O)(=O)NC1CCN(C(=O)c2ccc(OC)c(OC)c2)CC1. The highest BCUT2D eigenvalue weighted by molar-refractivity contribution is 7.89. The topological polar surface area (TPSA) is 84.9 Å². The fourth-order valence-electron chi connectivity index (χ4n) is 2.69. The number of carbonyl (C=O) groups excluding carboxylic acids is 1. The summed E-state index contributed by atoms with van der Waals surface area (Å²) in [4.78, 5) is 14.3. The van der Waals surface area contributed by atoms with Gasteiger partial charge in [0.2, 0.25) is 10.0 Å². The summed E-state index contributed by atoms with van der Waals surface area (Å²) in [7, 11) is -0.141. The summed E-state index contributed by atoms with van der Waals surface area (Å²) in [5.41, 5.74) is 0.528. The summed E-state index contributed by atoms with van der Waals surface area (Å²) in [6.45, 7) is 2.65. The maximum Gasteiger partial charge on any atom is 0.253 e. The average Bonchev–Trinajstić information content (AvgIpc) is 2.60. The molecular weight excluding hydrogens is 332 g/mol. The summed E-state index contributed by atoms with van der Waals surface area (Å²) in [6, 6.07) is 4.96. The summed E-state index contributed by atoms with van der Waals surface area (Å²) in [6.07, 6.45) is 1.22. The zero-order valence-electron chi connectivity index (χ0n) is 14.2. The summed E-state index contributed by atoms with van der Waals surface area (Å²) in [5, 5.41) is 0. The van der Waals surface area contributed by atoms with E-state index in [9.17, 15) is 13.2 Å². The molecule has 1 saturated heterocycles. The van der Waals surface area contributed by atoms with Gasteiger partial charge in [0, 0.05) is 24.7 Å². The third-order valence-corrected chi connectivity index (χ3v) is 5.59. The van der Waals surface area contributed by atoms with Gasteiger partial charge in [-0.05, 0) is 38.0 Å². The lowest BCUT2D eigenvalue weighted by Gasteiger charge is -2.32. The van der Waals surface area contributed by atoms with Crippen molar-refractivity contribution in [2.24, 2.45) is 0 Å². The van der Waals surface area contributed by atoms with Gasteiger partial charge in [-0.3, -0.25) is 4.79 Å². The summed E-state index contributed by atoms with van der Waals surface area (Å²) < 4.78 is 36.3. The van der Waals surface area contributed by atoms with Gasteiger partial charge in [-0.1, -0.05) is 0 Å². The summed E-state index contributed by atoms with van der Waals surface area (Å²) >= 11 is 0. The monoisotopic (exact) mass is 356 g/mol. The van der Waals surface area contributed by atoms with Gasteiger partial charge in [0.25, 0.3) is 5.91 Å².